The lowest BCUT2D eigenvalue weighted by Crippen LogP contribution is -2.36. The third-order valence-corrected chi connectivity index (χ3v) is 3.44. The first kappa shape index (κ1) is 16.5. The van der Waals surface area contributed by atoms with Crippen LogP contribution in [0.25, 0.3) is 0 Å². The Bertz CT molecular complexity index is 424. The van der Waals surface area contributed by atoms with Crippen LogP contribution < -0.4 is 10.1 Å². The number of amides is 1. The molecule has 0 saturated heterocycles. The van der Waals surface area contributed by atoms with Crippen LogP contribution in [0.15, 0.2) is 24.3 Å². The number of para-hydroxylation sites is 1. The molecule has 1 aromatic rings. The summed E-state index contributed by atoms with van der Waals surface area (Å²) in [5, 5.41) is 2.85. The van der Waals surface area contributed by atoms with E-state index in [1.807, 2.05) is 0 Å². The van der Waals surface area contributed by atoms with Crippen LogP contribution >= 0.6 is 0 Å². The molecule has 0 heterocycles. The van der Waals surface area contributed by atoms with E-state index in [2.05, 4.69) is 33.0 Å². The maximum absolute atomic E-state index is 13.3. The summed E-state index contributed by atoms with van der Waals surface area (Å²) in [5.41, 5.74) is 0. The van der Waals surface area contributed by atoms with E-state index in [9.17, 15) is 9.18 Å². The molecule has 0 radical (unpaired) electrons. The van der Waals surface area contributed by atoms with Gasteiger partial charge in [0.25, 0.3) is 5.91 Å². The van der Waals surface area contributed by atoms with Crippen molar-refractivity contribution in [2.45, 2.75) is 27.7 Å². The first-order chi connectivity index (χ1) is 9.41. The van der Waals surface area contributed by atoms with Gasteiger partial charge < -0.3 is 10.1 Å². The Morgan fingerprint density at radius 2 is 1.80 bits per heavy atom. The summed E-state index contributed by atoms with van der Waals surface area (Å²) >= 11 is 0. The van der Waals surface area contributed by atoms with Crippen molar-refractivity contribution in [2.75, 3.05) is 13.2 Å². The van der Waals surface area contributed by atoms with E-state index < -0.39 is 5.82 Å². The Hall–Kier alpha value is -1.58. The van der Waals surface area contributed by atoms with Crippen molar-refractivity contribution in [1.29, 1.82) is 0 Å². The van der Waals surface area contributed by atoms with Gasteiger partial charge in [-0.05, 0) is 29.9 Å². The van der Waals surface area contributed by atoms with Crippen molar-refractivity contribution in [3.05, 3.63) is 30.1 Å². The molecule has 0 atom stereocenters. The molecule has 0 spiro atoms. The van der Waals surface area contributed by atoms with E-state index in [0.717, 1.165) is 0 Å². The van der Waals surface area contributed by atoms with Crippen molar-refractivity contribution in [2.24, 2.45) is 17.8 Å². The van der Waals surface area contributed by atoms with Gasteiger partial charge in [0, 0.05) is 6.54 Å². The number of benzene rings is 1. The van der Waals surface area contributed by atoms with Gasteiger partial charge >= 0.3 is 0 Å². The third-order valence-electron chi connectivity index (χ3n) is 3.44. The largest absolute Gasteiger partial charge is 0.481 e. The van der Waals surface area contributed by atoms with Crippen molar-refractivity contribution < 1.29 is 13.9 Å². The second-order valence-corrected chi connectivity index (χ2v) is 5.68. The molecule has 1 amide bonds. The highest BCUT2D eigenvalue weighted by Gasteiger charge is 2.18. The van der Waals surface area contributed by atoms with Crippen LogP contribution in [0.3, 0.4) is 0 Å². The van der Waals surface area contributed by atoms with Gasteiger partial charge in [-0.15, -0.1) is 0 Å². The molecule has 20 heavy (non-hydrogen) atoms. The Balaban J connectivity index is 2.39. The number of carbonyl (C=O) groups is 1. The summed E-state index contributed by atoms with van der Waals surface area (Å²) in [5.74, 6) is 0.854. The van der Waals surface area contributed by atoms with E-state index in [4.69, 9.17) is 4.74 Å². The fourth-order valence-electron chi connectivity index (χ4n) is 2.23. The number of carbonyl (C=O) groups excluding carboxylic acids is 1. The topological polar surface area (TPSA) is 38.3 Å². The average Bonchev–Trinajstić information content (AvgIpc) is 2.37. The highest BCUT2D eigenvalue weighted by atomic mass is 19.1. The molecule has 0 saturated carbocycles. The van der Waals surface area contributed by atoms with Crippen LogP contribution in [0.4, 0.5) is 4.39 Å². The summed E-state index contributed by atoms with van der Waals surface area (Å²) in [6, 6.07) is 6.07. The van der Waals surface area contributed by atoms with E-state index in [1.165, 1.54) is 12.1 Å². The molecule has 112 valence electrons. The van der Waals surface area contributed by atoms with Crippen molar-refractivity contribution >= 4 is 5.91 Å². The Kier molecular flexibility index (Phi) is 6.49. The molecule has 1 aromatic carbocycles. The van der Waals surface area contributed by atoms with E-state index in [-0.39, 0.29) is 18.3 Å². The lowest BCUT2D eigenvalue weighted by molar-refractivity contribution is -0.123. The molecule has 4 heteroatoms. The van der Waals surface area contributed by atoms with Crippen LogP contribution in [0.5, 0.6) is 5.75 Å². The molecule has 0 bridgehead atoms. The van der Waals surface area contributed by atoms with Crippen LogP contribution in [-0.2, 0) is 4.79 Å². The number of rotatable bonds is 7. The second kappa shape index (κ2) is 7.88. The number of nitrogens with one attached hydrogen (secondary N) is 1. The van der Waals surface area contributed by atoms with Gasteiger partial charge in [0.05, 0.1) is 0 Å². The third kappa shape index (κ3) is 5.19. The normalized spacial score (nSPS) is 11.2. The molecule has 0 aliphatic heterocycles. The second-order valence-electron chi connectivity index (χ2n) is 5.68. The molecule has 0 aliphatic carbocycles. The van der Waals surface area contributed by atoms with Crippen LogP contribution in [0, 0.1) is 23.6 Å². The summed E-state index contributed by atoms with van der Waals surface area (Å²) in [4.78, 5) is 11.7. The minimum absolute atomic E-state index is 0.104. The first-order valence-electron chi connectivity index (χ1n) is 7.05. The number of hydrogen-bond donors (Lipinski definition) is 1. The Morgan fingerprint density at radius 1 is 1.20 bits per heavy atom. The summed E-state index contributed by atoms with van der Waals surface area (Å²) in [7, 11) is 0. The zero-order valence-corrected chi connectivity index (χ0v) is 12.7. The molecule has 0 fully saturated rings. The molecule has 0 unspecified atom stereocenters. The monoisotopic (exact) mass is 281 g/mol. The van der Waals surface area contributed by atoms with Gasteiger partial charge in [-0.1, -0.05) is 39.8 Å². The summed E-state index contributed by atoms with van der Waals surface area (Å²) in [6.45, 7) is 9.04. The van der Waals surface area contributed by atoms with Crippen LogP contribution in [-0.4, -0.2) is 19.1 Å². The number of halogens is 1. The van der Waals surface area contributed by atoms with E-state index >= 15 is 0 Å². The SMILES string of the molecule is CC(C)C(CNC(=O)COc1ccccc1F)C(C)C. The predicted molar refractivity (Wildman–Crippen MR) is 78.1 cm³/mol. The average molecular weight is 281 g/mol. The lowest BCUT2D eigenvalue weighted by Gasteiger charge is -2.25. The highest BCUT2D eigenvalue weighted by Crippen LogP contribution is 2.19. The zero-order chi connectivity index (χ0) is 15.1. The molecular formula is C16H24FNO2. The minimum atomic E-state index is -0.456. The quantitative estimate of drug-likeness (QED) is 0.833. The van der Waals surface area contributed by atoms with Gasteiger partial charge in [0.2, 0.25) is 0 Å². The van der Waals surface area contributed by atoms with Gasteiger partial charge in [-0.25, -0.2) is 4.39 Å². The minimum Gasteiger partial charge on any atom is -0.481 e. The number of ether oxygens (including phenoxy) is 1. The number of hydrogen-bond acceptors (Lipinski definition) is 2. The Morgan fingerprint density at radius 3 is 2.35 bits per heavy atom. The fraction of sp³-hybridized carbons (Fsp3) is 0.562. The maximum Gasteiger partial charge on any atom is 0.257 e. The van der Waals surface area contributed by atoms with Crippen LogP contribution in [0.2, 0.25) is 0 Å². The van der Waals surface area contributed by atoms with Gasteiger partial charge in [-0.3, -0.25) is 4.79 Å². The highest BCUT2D eigenvalue weighted by molar-refractivity contribution is 5.77. The summed E-state index contributed by atoms with van der Waals surface area (Å²) in [6.07, 6.45) is 0. The smallest absolute Gasteiger partial charge is 0.257 e. The Labute approximate surface area is 120 Å². The van der Waals surface area contributed by atoms with Gasteiger partial charge in [0.15, 0.2) is 18.2 Å². The maximum atomic E-state index is 13.3. The summed E-state index contributed by atoms with van der Waals surface area (Å²) < 4.78 is 18.5. The molecule has 0 aromatic heterocycles. The van der Waals surface area contributed by atoms with Gasteiger partial charge in [-0.2, -0.15) is 0 Å². The molecule has 0 aliphatic rings. The molecule has 3 nitrogen and oxygen atoms in total. The van der Waals surface area contributed by atoms with Crippen molar-refractivity contribution in [3.63, 3.8) is 0 Å². The fourth-order valence-corrected chi connectivity index (χ4v) is 2.23. The van der Waals surface area contributed by atoms with Crippen LogP contribution in [0.1, 0.15) is 27.7 Å². The van der Waals surface area contributed by atoms with Crippen molar-refractivity contribution in [3.8, 4) is 5.75 Å². The molecular weight excluding hydrogens is 257 g/mol. The molecule has 1 rings (SSSR count). The van der Waals surface area contributed by atoms with Crippen molar-refractivity contribution in [1.82, 2.24) is 5.32 Å². The van der Waals surface area contributed by atoms with Gasteiger partial charge in [0.1, 0.15) is 0 Å². The first-order valence-corrected chi connectivity index (χ1v) is 7.05. The standard InChI is InChI=1S/C16H24FNO2/c1-11(2)13(12(3)4)9-18-16(19)10-20-15-8-6-5-7-14(15)17/h5-8,11-13H,9-10H2,1-4H3,(H,18,19). The molecule has 1 N–H and O–H groups in total. The van der Waals surface area contributed by atoms with E-state index in [0.29, 0.717) is 24.3 Å². The predicted octanol–water partition coefficient (Wildman–Crippen LogP) is 3.25. The lowest BCUT2D eigenvalue weighted by atomic mass is 9.85. The zero-order valence-electron chi connectivity index (χ0n) is 12.7. The van der Waals surface area contributed by atoms with E-state index in [1.54, 1.807) is 12.1 Å².